The third-order valence-electron chi connectivity index (χ3n) is 9.63. The van der Waals surface area contributed by atoms with Gasteiger partial charge in [-0.05, 0) is 77.0 Å². The zero-order valence-corrected chi connectivity index (χ0v) is 29.9. The first-order valence-electron chi connectivity index (χ1n) is 18.0. The number of amides is 5. The first kappa shape index (κ1) is 38.2. The Bertz CT molecular complexity index is 1680. The van der Waals surface area contributed by atoms with Crippen LogP contribution in [0.4, 0.5) is 9.18 Å². The maximum absolute atomic E-state index is 14.8. The van der Waals surface area contributed by atoms with Gasteiger partial charge < -0.3 is 39.5 Å². The highest BCUT2D eigenvalue weighted by Gasteiger charge is 2.36. The Balaban J connectivity index is 1.33. The molecule has 0 radical (unpaired) electrons. The molecule has 2 saturated heterocycles. The number of hydrogen-bond donors (Lipinski definition) is 2. The van der Waals surface area contributed by atoms with E-state index in [1.807, 2.05) is 0 Å². The van der Waals surface area contributed by atoms with E-state index in [9.17, 15) is 33.2 Å². The summed E-state index contributed by atoms with van der Waals surface area (Å²) < 4.78 is 30.8. The molecule has 5 rings (SSSR count). The summed E-state index contributed by atoms with van der Waals surface area (Å²) in [6.07, 6.45) is 3.41. The Labute approximate surface area is 301 Å². The van der Waals surface area contributed by atoms with Crippen molar-refractivity contribution in [1.29, 1.82) is 0 Å². The van der Waals surface area contributed by atoms with Crippen molar-refractivity contribution < 1.29 is 47.4 Å². The van der Waals surface area contributed by atoms with Gasteiger partial charge in [0.1, 0.15) is 29.3 Å². The van der Waals surface area contributed by atoms with E-state index in [0.717, 1.165) is 19.3 Å². The quantitative estimate of drug-likeness (QED) is 0.292. The van der Waals surface area contributed by atoms with Crippen LogP contribution >= 0.6 is 0 Å². The third-order valence-corrected chi connectivity index (χ3v) is 9.63. The zero-order valence-electron chi connectivity index (χ0n) is 29.9. The van der Waals surface area contributed by atoms with Crippen LogP contribution < -0.4 is 15.4 Å². The van der Waals surface area contributed by atoms with Crippen LogP contribution in [0, 0.1) is 12.7 Å². The van der Waals surface area contributed by atoms with Crippen molar-refractivity contribution in [2.24, 2.45) is 0 Å². The molecule has 5 amide bonds. The summed E-state index contributed by atoms with van der Waals surface area (Å²) in [5, 5.41) is 5.93. The second-order valence-corrected chi connectivity index (χ2v) is 13.2. The molecule has 3 aliphatic rings. The molecule has 3 fully saturated rings. The van der Waals surface area contributed by atoms with Crippen molar-refractivity contribution in [1.82, 2.24) is 30.3 Å². The van der Waals surface area contributed by atoms with Gasteiger partial charge in [0.15, 0.2) is 6.61 Å². The molecule has 2 N–H and O–H groups in total. The number of rotatable bonds is 13. The highest BCUT2D eigenvalue weighted by Crippen LogP contribution is 2.29. The maximum atomic E-state index is 14.8. The van der Waals surface area contributed by atoms with Gasteiger partial charge in [-0.2, -0.15) is 0 Å². The van der Waals surface area contributed by atoms with E-state index in [1.54, 1.807) is 20.8 Å². The van der Waals surface area contributed by atoms with Crippen molar-refractivity contribution >= 4 is 46.6 Å². The number of carbonyl (C=O) groups excluding carboxylic acids is 6. The van der Waals surface area contributed by atoms with Crippen LogP contribution in [-0.4, -0.2) is 126 Å². The van der Waals surface area contributed by atoms with Crippen LogP contribution in [0.5, 0.6) is 5.75 Å². The molecule has 0 spiro atoms. The van der Waals surface area contributed by atoms with Crippen molar-refractivity contribution in [2.45, 2.75) is 83.8 Å². The van der Waals surface area contributed by atoms with E-state index in [0.29, 0.717) is 19.4 Å². The monoisotopic (exact) mass is 726 g/mol. The van der Waals surface area contributed by atoms with Gasteiger partial charge in [0.25, 0.3) is 11.8 Å². The summed E-state index contributed by atoms with van der Waals surface area (Å²) in [4.78, 5) is 87.1. The summed E-state index contributed by atoms with van der Waals surface area (Å²) in [5.41, 5.74) is 0.319. The fraction of sp³-hybridized carbons (Fsp3) is 0.583. The molecule has 1 aromatic heterocycles. The molecule has 3 heterocycles. The van der Waals surface area contributed by atoms with Gasteiger partial charge in [0, 0.05) is 56.6 Å². The lowest BCUT2D eigenvalue weighted by Gasteiger charge is -2.36. The number of nitrogens with one attached hydrogen (secondary N) is 2. The van der Waals surface area contributed by atoms with Crippen LogP contribution in [0.15, 0.2) is 18.2 Å². The maximum Gasteiger partial charge on any atom is 0.409 e. The topological polar surface area (TPSA) is 177 Å². The number of pyridine rings is 1. The number of aromatic nitrogens is 1. The van der Waals surface area contributed by atoms with Gasteiger partial charge in [0.2, 0.25) is 11.8 Å². The van der Waals surface area contributed by atoms with Crippen LogP contribution in [0.25, 0.3) is 10.9 Å². The Morgan fingerprint density at radius 3 is 2.31 bits per heavy atom. The lowest BCUT2D eigenvalue weighted by atomic mass is 9.93. The summed E-state index contributed by atoms with van der Waals surface area (Å²) in [5.74, 6) is -2.90. The number of aryl methyl sites for hydroxylation is 1. The first-order valence-corrected chi connectivity index (χ1v) is 18.0. The number of piperazine rings is 1. The average Bonchev–Trinajstić information content (AvgIpc) is 3.61. The van der Waals surface area contributed by atoms with E-state index in [4.69, 9.17) is 14.2 Å². The van der Waals surface area contributed by atoms with Gasteiger partial charge in [-0.15, -0.1) is 0 Å². The molecule has 2 aromatic rings. The number of nitrogens with zero attached hydrogens (tertiary/aromatic N) is 4. The van der Waals surface area contributed by atoms with E-state index < -0.39 is 54.3 Å². The van der Waals surface area contributed by atoms with Crippen molar-refractivity contribution in [3.63, 3.8) is 0 Å². The molecular weight excluding hydrogens is 679 g/mol. The fourth-order valence-corrected chi connectivity index (χ4v) is 6.50. The third kappa shape index (κ3) is 9.25. The zero-order chi connectivity index (χ0) is 37.4. The minimum absolute atomic E-state index is 0.0153. The fourth-order valence-electron chi connectivity index (χ4n) is 6.50. The molecular formula is C36H47FN6O9. The van der Waals surface area contributed by atoms with Gasteiger partial charge in [0.05, 0.1) is 18.7 Å². The Hall–Kier alpha value is -5.02. The largest absolute Gasteiger partial charge is 0.483 e. The van der Waals surface area contributed by atoms with E-state index in [1.165, 1.54) is 32.9 Å². The summed E-state index contributed by atoms with van der Waals surface area (Å²) >= 11 is 0. The molecule has 2 atom stereocenters. The number of halogens is 1. The molecule has 16 heteroatoms. The molecule has 0 bridgehead atoms. The number of ether oxygens (including phenoxy) is 3. The summed E-state index contributed by atoms with van der Waals surface area (Å²) in [6.45, 7) is 6.04. The normalized spacial score (nSPS) is 18.0. The molecule has 1 saturated carbocycles. The Morgan fingerprint density at radius 1 is 0.923 bits per heavy atom. The van der Waals surface area contributed by atoms with E-state index in [2.05, 4.69) is 15.6 Å². The van der Waals surface area contributed by atoms with Crippen molar-refractivity contribution in [3.05, 3.63) is 35.3 Å². The predicted octanol–water partition coefficient (Wildman–Crippen LogP) is 2.46. The minimum Gasteiger partial charge on any atom is -0.483 e. The lowest BCUT2D eigenvalue weighted by molar-refractivity contribution is -0.143. The molecule has 52 heavy (non-hydrogen) atoms. The van der Waals surface area contributed by atoms with Crippen LogP contribution in [-0.2, 0) is 28.7 Å². The summed E-state index contributed by atoms with van der Waals surface area (Å²) in [6, 6.07) is 2.31. The molecule has 1 aromatic carbocycles. The average molecular weight is 727 g/mol. The number of esters is 1. The number of fused-ring (bicyclic) bond motifs is 1. The number of carbonyl (C=O) groups is 6. The predicted molar refractivity (Wildman–Crippen MR) is 185 cm³/mol. The summed E-state index contributed by atoms with van der Waals surface area (Å²) in [7, 11) is 0. The van der Waals surface area contributed by atoms with Crippen LogP contribution in [0.2, 0.25) is 0 Å². The Kier molecular flexibility index (Phi) is 12.8. The highest BCUT2D eigenvalue weighted by molar-refractivity contribution is 5.99. The smallest absolute Gasteiger partial charge is 0.409 e. The molecule has 1 aliphatic carbocycles. The lowest BCUT2D eigenvalue weighted by Crippen LogP contribution is -2.56. The molecule has 2 aliphatic heterocycles. The van der Waals surface area contributed by atoms with Crippen molar-refractivity contribution in [3.8, 4) is 5.75 Å². The minimum atomic E-state index is -1.15. The van der Waals surface area contributed by atoms with Crippen LogP contribution in [0.3, 0.4) is 0 Å². The van der Waals surface area contributed by atoms with Crippen molar-refractivity contribution in [2.75, 3.05) is 52.5 Å². The second-order valence-electron chi connectivity index (χ2n) is 13.2. The molecule has 2 unspecified atom stereocenters. The molecule has 15 nitrogen and oxygen atoms in total. The van der Waals surface area contributed by atoms with Gasteiger partial charge in [-0.1, -0.05) is 0 Å². The van der Waals surface area contributed by atoms with Gasteiger partial charge >= 0.3 is 12.1 Å². The van der Waals surface area contributed by atoms with E-state index >= 15 is 0 Å². The van der Waals surface area contributed by atoms with Gasteiger partial charge in [-0.3, -0.25) is 24.0 Å². The molecule has 282 valence electrons. The Morgan fingerprint density at radius 2 is 1.63 bits per heavy atom. The van der Waals surface area contributed by atoms with Crippen LogP contribution in [0.1, 0.15) is 74.8 Å². The van der Waals surface area contributed by atoms with Gasteiger partial charge in [-0.25, -0.2) is 14.2 Å². The highest BCUT2D eigenvalue weighted by atomic mass is 19.1. The number of benzene rings is 1. The number of hydrogen-bond acceptors (Lipinski definition) is 10. The second kappa shape index (κ2) is 17.5. The SMILES string of the molecule is CCOC(=O)CCC(NC(=O)c1cc(OCC(=O)N2CCCC2C(=O)NC2CCC2)c2cc(F)c(C)cc2n1)C(=O)N1CCN(C(=O)OCC)CC1. The first-order chi connectivity index (χ1) is 25.0. The standard InChI is InChI=1S/C36H47FN6O9/c1-4-50-32(45)12-11-26(35(48)41-14-16-42(17-15-41)36(49)51-5-2)40-33(46)28-20-30(24-19-25(37)22(3)18-27(24)39-28)52-21-31(44)43-13-7-10-29(43)34(47)38-23-8-6-9-23/h18-20,23,26,29H,4-17,21H2,1-3H3,(H,38,47)(H,40,46). The number of likely N-dealkylation sites (tertiary alicyclic amines) is 1. The van der Waals surface area contributed by atoms with E-state index in [-0.39, 0.29) is 92.1 Å².